The minimum Gasteiger partial charge on any atom is -0.461 e. The largest absolute Gasteiger partial charge is 0.461 e. The highest BCUT2D eigenvalue weighted by molar-refractivity contribution is 7.22. The molecule has 0 saturated carbocycles. The van der Waals surface area contributed by atoms with Crippen LogP contribution in [0.4, 0.5) is 37.3 Å². The van der Waals surface area contributed by atoms with Crippen molar-refractivity contribution in [1.29, 1.82) is 0 Å². The average molecular weight is 636 g/mol. The summed E-state index contributed by atoms with van der Waals surface area (Å²) >= 11 is 0.764. The van der Waals surface area contributed by atoms with Gasteiger partial charge in [-0.15, -0.1) is 0 Å². The summed E-state index contributed by atoms with van der Waals surface area (Å²) < 4.78 is 95.8. The third-order valence-corrected chi connectivity index (χ3v) is 10.4. The van der Waals surface area contributed by atoms with Crippen molar-refractivity contribution in [3.63, 3.8) is 0 Å². The van der Waals surface area contributed by atoms with Crippen molar-refractivity contribution in [2.45, 2.75) is 55.7 Å². The molecule has 2 aromatic heterocycles. The van der Waals surface area contributed by atoms with Gasteiger partial charge in [0.1, 0.15) is 29.9 Å². The molecule has 4 aliphatic heterocycles. The number of nitrogen functional groups attached to an aromatic ring is 1. The lowest BCUT2D eigenvalue weighted by atomic mass is 9.88. The number of ether oxygens (including phenoxy) is 1. The number of rotatable bonds is 5. The first-order valence-electron chi connectivity index (χ1n) is 14.5. The van der Waals surface area contributed by atoms with Gasteiger partial charge in [-0.2, -0.15) is 23.1 Å². The molecule has 6 heterocycles. The van der Waals surface area contributed by atoms with Crippen LogP contribution in [0, 0.1) is 11.6 Å². The van der Waals surface area contributed by atoms with E-state index in [-0.39, 0.29) is 62.3 Å². The fourth-order valence-corrected chi connectivity index (χ4v) is 8.37. The molecule has 4 aliphatic rings. The molecule has 44 heavy (non-hydrogen) atoms. The van der Waals surface area contributed by atoms with E-state index in [2.05, 4.69) is 25.2 Å². The average Bonchev–Trinajstić information content (AvgIpc) is 3.64. The number of benzene rings is 2. The lowest BCUT2D eigenvalue weighted by Crippen LogP contribution is -2.68. The number of hydrogen-bond donors (Lipinski definition) is 2. The topological polar surface area (TPSA) is 92.4 Å². The van der Waals surface area contributed by atoms with Gasteiger partial charge in [0.05, 0.1) is 21.3 Å². The van der Waals surface area contributed by atoms with E-state index in [1.165, 1.54) is 0 Å². The zero-order valence-corrected chi connectivity index (χ0v) is 24.0. The van der Waals surface area contributed by atoms with Crippen molar-refractivity contribution < 1.29 is 31.1 Å². The molecule has 4 atom stereocenters. The fraction of sp³-hybridized carbons (Fsp3) is 0.483. The summed E-state index contributed by atoms with van der Waals surface area (Å²) in [5, 5.41) is 3.11. The Bertz CT molecular complexity index is 1800. The predicted molar refractivity (Wildman–Crippen MR) is 154 cm³/mol. The number of nitrogens with zero attached hydrogens (tertiary/aromatic N) is 5. The quantitative estimate of drug-likeness (QED) is 0.286. The van der Waals surface area contributed by atoms with Crippen LogP contribution < -0.4 is 20.7 Å². The second-order valence-corrected chi connectivity index (χ2v) is 13.2. The summed E-state index contributed by atoms with van der Waals surface area (Å²) in [6.45, 7) is 2.31. The summed E-state index contributed by atoms with van der Waals surface area (Å²) in [7, 11) is 0. The molecule has 3 N–H and O–H groups in total. The number of piperidine rings is 1. The number of aromatic nitrogens is 3. The second kappa shape index (κ2) is 9.78. The summed E-state index contributed by atoms with van der Waals surface area (Å²) in [6.07, 6.45) is -3.26. The molecule has 8 rings (SSSR count). The molecule has 0 amide bonds. The normalized spacial score (nSPS) is 26.9. The maximum absolute atomic E-state index is 16.7. The van der Waals surface area contributed by atoms with Crippen LogP contribution in [-0.4, -0.2) is 76.4 Å². The number of hydrogen-bond acceptors (Lipinski definition) is 9. The number of alkyl halides is 4. The Kier molecular flexibility index (Phi) is 6.24. The van der Waals surface area contributed by atoms with Crippen LogP contribution in [-0.2, 0) is 6.18 Å². The van der Waals surface area contributed by atoms with E-state index in [1.54, 1.807) is 0 Å². The van der Waals surface area contributed by atoms with E-state index < -0.39 is 40.6 Å². The zero-order valence-electron chi connectivity index (χ0n) is 23.2. The fourth-order valence-electron chi connectivity index (χ4n) is 7.61. The Labute approximate surface area is 251 Å². The number of piperazine rings is 1. The minimum atomic E-state index is -4.98. The smallest absolute Gasteiger partial charge is 0.417 e. The van der Waals surface area contributed by atoms with Crippen LogP contribution in [0.2, 0.25) is 0 Å². The van der Waals surface area contributed by atoms with E-state index >= 15 is 4.39 Å². The Morgan fingerprint density at radius 2 is 1.91 bits per heavy atom. The van der Waals surface area contributed by atoms with Gasteiger partial charge >= 0.3 is 12.2 Å². The molecule has 4 fully saturated rings. The summed E-state index contributed by atoms with van der Waals surface area (Å²) in [6, 6.07) is 2.62. The monoisotopic (exact) mass is 635 g/mol. The standard InChI is InChI=1S/C29H27F6N7OS/c30-13-8-28(4-1-5-41(28)11-13)12-43-27-39-22-17(25(40-27)42-14-6-15(42)10-37-9-14)7-18(29(33,34)35)20(21(22)32)16-2-3-19(31)24-23(16)38-26(36)44-24/h2-3,7,13-15,37H,1,4-6,8-12H2,(H2,36,38)/t13-,14?,15?,28+/m1/s1. The van der Waals surface area contributed by atoms with Gasteiger partial charge in [0.15, 0.2) is 10.9 Å². The van der Waals surface area contributed by atoms with E-state index in [0.29, 0.717) is 26.1 Å². The first-order valence-corrected chi connectivity index (χ1v) is 15.3. The zero-order chi connectivity index (χ0) is 30.5. The molecule has 0 aliphatic carbocycles. The molecule has 2 aromatic carbocycles. The molecular formula is C29H27F6N7OS. The number of nitrogens with two attached hydrogens (primary N) is 1. The predicted octanol–water partition coefficient (Wildman–Crippen LogP) is 5.29. The number of fused-ring (bicyclic) bond motifs is 5. The van der Waals surface area contributed by atoms with Crippen molar-refractivity contribution >= 4 is 43.4 Å². The van der Waals surface area contributed by atoms with Crippen molar-refractivity contribution in [3.8, 4) is 17.1 Å². The van der Waals surface area contributed by atoms with E-state index in [1.807, 2.05) is 4.90 Å². The van der Waals surface area contributed by atoms with E-state index in [0.717, 1.165) is 55.3 Å². The third kappa shape index (κ3) is 4.22. The second-order valence-electron chi connectivity index (χ2n) is 12.1. The van der Waals surface area contributed by atoms with Gasteiger partial charge in [-0.1, -0.05) is 11.3 Å². The van der Waals surface area contributed by atoms with Crippen molar-refractivity contribution in [2.24, 2.45) is 0 Å². The SMILES string of the molecule is Nc1nc2c(-c3c(C(F)(F)F)cc4c(N5C6CNCC5C6)nc(OC[C@@]56CCCN5C[C@H](F)C6)nc4c3F)ccc(F)c2s1. The first-order chi connectivity index (χ1) is 21.0. The highest BCUT2D eigenvalue weighted by atomic mass is 32.1. The maximum atomic E-state index is 16.7. The molecule has 2 unspecified atom stereocenters. The number of thiazole rings is 1. The molecule has 0 spiro atoms. The van der Waals surface area contributed by atoms with Crippen molar-refractivity contribution in [2.75, 3.05) is 43.4 Å². The Hall–Kier alpha value is -3.43. The van der Waals surface area contributed by atoms with Crippen LogP contribution in [0.5, 0.6) is 6.01 Å². The summed E-state index contributed by atoms with van der Waals surface area (Å²) in [5.41, 5.74) is 2.39. The highest BCUT2D eigenvalue weighted by Gasteiger charge is 2.50. The lowest BCUT2D eigenvalue weighted by molar-refractivity contribution is -0.137. The van der Waals surface area contributed by atoms with Crippen LogP contribution in [0.3, 0.4) is 0 Å². The summed E-state index contributed by atoms with van der Waals surface area (Å²) in [5.74, 6) is -1.83. The number of nitrogens with one attached hydrogen (secondary N) is 1. The van der Waals surface area contributed by atoms with Gasteiger partial charge < -0.3 is 20.7 Å². The van der Waals surface area contributed by atoms with Crippen LogP contribution >= 0.6 is 11.3 Å². The van der Waals surface area contributed by atoms with Gasteiger partial charge in [-0.05, 0) is 44.0 Å². The van der Waals surface area contributed by atoms with Crippen LogP contribution in [0.25, 0.3) is 32.2 Å². The van der Waals surface area contributed by atoms with E-state index in [4.69, 9.17) is 10.5 Å². The lowest BCUT2D eigenvalue weighted by Gasteiger charge is -2.54. The number of halogens is 6. The summed E-state index contributed by atoms with van der Waals surface area (Å²) in [4.78, 5) is 16.9. The molecule has 8 nitrogen and oxygen atoms in total. The first kappa shape index (κ1) is 28.1. The Balaban J connectivity index is 1.33. The van der Waals surface area contributed by atoms with Gasteiger partial charge in [-0.3, -0.25) is 4.90 Å². The molecule has 0 radical (unpaired) electrons. The Morgan fingerprint density at radius 1 is 1.11 bits per heavy atom. The molecule has 4 saturated heterocycles. The van der Waals surface area contributed by atoms with E-state index in [9.17, 15) is 22.0 Å². The van der Waals surface area contributed by atoms with Crippen molar-refractivity contribution in [1.82, 2.24) is 25.2 Å². The third-order valence-electron chi connectivity index (χ3n) is 9.54. The number of anilines is 2. The molecular weight excluding hydrogens is 608 g/mol. The molecule has 2 bridgehead atoms. The minimum absolute atomic E-state index is 0.0440. The Morgan fingerprint density at radius 3 is 2.66 bits per heavy atom. The molecule has 15 heteroatoms. The van der Waals surface area contributed by atoms with Crippen LogP contribution in [0.15, 0.2) is 18.2 Å². The van der Waals surface area contributed by atoms with Crippen molar-refractivity contribution in [3.05, 3.63) is 35.4 Å². The maximum Gasteiger partial charge on any atom is 0.417 e. The molecule has 4 aromatic rings. The van der Waals surface area contributed by atoms with Gasteiger partial charge in [0.2, 0.25) is 0 Å². The van der Waals surface area contributed by atoms with Gasteiger partial charge in [0.25, 0.3) is 0 Å². The van der Waals surface area contributed by atoms with Crippen LogP contribution in [0.1, 0.15) is 31.2 Å². The van der Waals surface area contributed by atoms with Gasteiger partial charge in [-0.25, -0.2) is 18.2 Å². The molecule has 232 valence electrons. The van der Waals surface area contributed by atoms with Gasteiger partial charge in [0, 0.05) is 54.7 Å². The highest BCUT2D eigenvalue weighted by Crippen LogP contribution is 2.48.